The molecule has 1 aliphatic heterocycles. The third-order valence-corrected chi connectivity index (χ3v) is 4.93. The summed E-state index contributed by atoms with van der Waals surface area (Å²) < 4.78 is 9.84. The average molecular weight is 336 g/mol. The Hall–Kier alpha value is -2.40. The molecule has 0 N–H and O–H groups in total. The van der Waals surface area contributed by atoms with E-state index in [1.807, 2.05) is 35.5 Å². The van der Waals surface area contributed by atoms with Gasteiger partial charge in [0.05, 0.1) is 12.0 Å². The van der Waals surface area contributed by atoms with Crippen LogP contribution in [0.15, 0.2) is 55.1 Å². The molecule has 1 aromatic carbocycles. The molecule has 0 spiro atoms. The zero-order valence-corrected chi connectivity index (χ0v) is 14.4. The fraction of sp³-hybridized carbons (Fsp3) is 0.400. The topological polar surface area (TPSA) is 44.9 Å². The average Bonchev–Trinajstić information content (AvgIpc) is 3.31. The maximum atomic E-state index is 5.50. The van der Waals surface area contributed by atoms with Gasteiger partial charge in [0.25, 0.3) is 0 Å². The Morgan fingerprint density at radius 2 is 1.92 bits per heavy atom. The lowest BCUT2D eigenvalue weighted by Crippen LogP contribution is -2.21. The zero-order chi connectivity index (χ0) is 16.9. The van der Waals surface area contributed by atoms with Crippen LogP contribution in [0, 0.1) is 5.92 Å². The van der Waals surface area contributed by atoms with Crippen molar-refractivity contribution >= 4 is 0 Å². The van der Waals surface area contributed by atoms with Gasteiger partial charge in [-0.15, -0.1) is 0 Å². The Morgan fingerprint density at radius 1 is 1.08 bits per heavy atom. The second-order valence-electron chi connectivity index (χ2n) is 6.63. The van der Waals surface area contributed by atoms with Crippen molar-refractivity contribution in [3.05, 3.63) is 60.8 Å². The highest BCUT2D eigenvalue weighted by molar-refractivity contribution is 5.61. The smallest absolute Gasteiger partial charge is 0.0956 e. The third-order valence-electron chi connectivity index (χ3n) is 4.93. The van der Waals surface area contributed by atoms with Gasteiger partial charge in [0.1, 0.15) is 0 Å². The Labute approximate surface area is 148 Å². The summed E-state index contributed by atoms with van der Waals surface area (Å²) >= 11 is 0. The minimum atomic E-state index is 0.676. The molecule has 0 amide bonds. The number of aromatic nitrogens is 4. The zero-order valence-electron chi connectivity index (χ0n) is 14.4. The van der Waals surface area contributed by atoms with E-state index in [0.717, 1.165) is 51.3 Å². The van der Waals surface area contributed by atoms with Crippen LogP contribution in [0.25, 0.3) is 11.3 Å². The standard InChI is InChI=1S/C20H24N4O/c1-2-5-18(6-3-1)20-19(7-12-24-11-4-10-22-24)23(16-21-20)15-17-8-13-25-14-9-17/h1-6,10-11,16-17H,7-9,12-15H2. The molecule has 130 valence electrons. The van der Waals surface area contributed by atoms with Crippen molar-refractivity contribution in [1.82, 2.24) is 19.3 Å². The fourth-order valence-corrected chi connectivity index (χ4v) is 3.52. The van der Waals surface area contributed by atoms with E-state index < -0.39 is 0 Å². The lowest BCUT2D eigenvalue weighted by molar-refractivity contribution is 0.0610. The van der Waals surface area contributed by atoms with Gasteiger partial charge in [0, 0.05) is 56.4 Å². The molecule has 25 heavy (non-hydrogen) atoms. The largest absolute Gasteiger partial charge is 0.381 e. The fourth-order valence-electron chi connectivity index (χ4n) is 3.52. The van der Waals surface area contributed by atoms with Crippen LogP contribution < -0.4 is 0 Å². The van der Waals surface area contributed by atoms with Gasteiger partial charge in [-0.2, -0.15) is 5.10 Å². The second-order valence-corrected chi connectivity index (χ2v) is 6.63. The molecule has 3 aromatic rings. The highest BCUT2D eigenvalue weighted by Crippen LogP contribution is 2.25. The van der Waals surface area contributed by atoms with Crippen molar-refractivity contribution in [2.24, 2.45) is 5.92 Å². The van der Waals surface area contributed by atoms with E-state index in [1.54, 1.807) is 0 Å². The Balaban J connectivity index is 1.59. The monoisotopic (exact) mass is 336 g/mol. The van der Waals surface area contributed by atoms with Crippen molar-refractivity contribution < 1.29 is 4.74 Å². The van der Waals surface area contributed by atoms with Crippen molar-refractivity contribution in [3.63, 3.8) is 0 Å². The van der Waals surface area contributed by atoms with Crippen LogP contribution in [-0.4, -0.2) is 32.5 Å². The lowest BCUT2D eigenvalue weighted by Gasteiger charge is -2.23. The van der Waals surface area contributed by atoms with Gasteiger partial charge in [-0.05, 0) is 24.8 Å². The van der Waals surface area contributed by atoms with Crippen molar-refractivity contribution in [2.75, 3.05) is 13.2 Å². The van der Waals surface area contributed by atoms with Crippen LogP contribution in [0.1, 0.15) is 18.5 Å². The van der Waals surface area contributed by atoms with E-state index in [4.69, 9.17) is 9.72 Å². The molecule has 0 saturated carbocycles. The minimum absolute atomic E-state index is 0.676. The maximum Gasteiger partial charge on any atom is 0.0956 e. The molecule has 5 nitrogen and oxygen atoms in total. The van der Waals surface area contributed by atoms with Crippen LogP contribution >= 0.6 is 0 Å². The van der Waals surface area contributed by atoms with Crippen LogP contribution in [0.4, 0.5) is 0 Å². The maximum absolute atomic E-state index is 5.50. The molecule has 5 heteroatoms. The summed E-state index contributed by atoms with van der Waals surface area (Å²) in [7, 11) is 0. The molecule has 0 radical (unpaired) electrons. The molecule has 1 saturated heterocycles. The number of aryl methyl sites for hydroxylation is 1. The molecule has 3 heterocycles. The summed E-state index contributed by atoms with van der Waals surface area (Å²) in [6.45, 7) is 3.66. The van der Waals surface area contributed by atoms with Gasteiger partial charge in [-0.1, -0.05) is 30.3 Å². The van der Waals surface area contributed by atoms with Crippen LogP contribution in [0.2, 0.25) is 0 Å². The van der Waals surface area contributed by atoms with Gasteiger partial charge >= 0.3 is 0 Å². The van der Waals surface area contributed by atoms with Gasteiger partial charge in [0.2, 0.25) is 0 Å². The van der Waals surface area contributed by atoms with Gasteiger partial charge in [-0.25, -0.2) is 4.98 Å². The molecule has 1 aliphatic rings. The first-order valence-corrected chi connectivity index (χ1v) is 9.05. The summed E-state index contributed by atoms with van der Waals surface area (Å²) in [6.07, 6.45) is 9.05. The number of rotatable bonds is 6. The van der Waals surface area contributed by atoms with E-state index in [0.29, 0.717) is 5.92 Å². The summed E-state index contributed by atoms with van der Waals surface area (Å²) in [4.78, 5) is 4.75. The molecule has 4 rings (SSSR count). The van der Waals surface area contributed by atoms with Crippen molar-refractivity contribution in [3.8, 4) is 11.3 Å². The van der Waals surface area contributed by atoms with Crippen molar-refractivity contribution in [1.29, 1.82) is 0 Å². The van der Waals surface area contributed by atoms with Crippen molar-refractivity contribution in [2.45, 2.75) is 32.4 Å². The number of hydrogen-bond donors (Lipinski definition) is 0. The van der Waals surface area contributed by atoms with E-state index in [1.165, 1.54) is 11.3 Å². The number of nitrogens with zero attached hydrogens (tertiary/aromatic N) is 4. The number of imidazole rings is 1. The summed E-state index contributed by atoms with van der Waals surface area (Å²) in [5, 5.41) is 4.33. The minimum Gasteiger partial charge on any atom is -0.381 e. The Bertz CT molecular complexity index is 773. The first kappa shape index (κ1) is 16.1. The normalized spacial score (nSPS) is 15.5. The molecule has 0 atom stereocenters. The Kier molecular flexibility index (Phi) is 4.93. The van der Waals surface area contributed by atoms with Gasteiger partial charge in [0.15, 0.2) is 0 Å². The molecular formula is C20H24N4O. The third kappa shape index (κ3) is 3.82. The quantitative estimate of drug-likeness (QED) is 0.693. The summed E-state index contributed by atoms with van der Waals surface area (Å²) in [5.41, 5.74) is 3.58. The summed E-state index contributed by atoms with van der Waals surface area (Å²) in [5.74, 6) is 0.676. The summed E-state index contributed by atoms with van der Waals surface area (Å²) in [6, 6.07) is 12.4. The molecule has 2 aromatic heterocycles. The van der Waals surface area contributed by atoms with Crippen LogP contribution in [0.5, 0.6) is 0 Å². The lowest BCUT2D eigenvalue weighted by atomic mass is 10.00. The molecule has 1 fully saturated rings. The van der Waals surface area contributed by atoms with E-state index >= 15 is 0 Å². The number of hydrogen-bond acceptors (Lipinski definition) is 3. The first-order valence-electron chi connectivity index (χ1n) is 9.05. The second kappa shape index (κ2) is 7.66. The SMILES string of the molecule is c1ccc(-c2ncn(CC3CCOCC3)c2CCn2cccn2)cc1. The van der Waals surface area contributed by atoms with Gasteiger partial charge in [-0.3, -0.25) is 4.68 Å². The molecule has 0 bridgehead atoms. The van der Waals surface area contributed by atoms with Gasteiger partial charge < -0.3 is 9.30 Å². The first-order chi connectivity index (χ1) is 12.4. The predicted molar refractivity (Wildman–Crippen MR) is 97.1 cm³/mol. The highest BCUT2D eigenvalue weighted by Gasteiger charge is 2.18. The van der Waals surface area contributed by atoms with E-state index in [-0.39, 0.29) is 0 Å². The van der Waals surface area contributed by atoms with E-state index in [9.17, 15) is 0 Å². The highest BCUT2D eigenvalue weighted by atomic mass is 16.5. The predicted octanol–water partition coefficient (Wildman–Crippen LogP) is 3.42. The molecular weight excluding hydrogens is 312 g/mol. The molecule has 0 unspecified atom stereocenters. The number of benzene rings is 1. The Morgan fingerprint density at radius 3 is 2.68 bits per heavy atom. The van der Waals surface area contributed by atoms with Crippen LogP contribution in [0.3, 0.4) is 0 Å². The van der Waals surface area contributed by atoms with Crippen LogP contribution in [-0.2, 0) is 24.2 Å². The number of ether oxygens (including phenoxy) is 1. The van der Waals surface area contributed by atoms with E-state index in [2.05, 4.69) is 33.9 Å². The molecule has 0 aliphatic carbocycles.